The van der Waals surface area contributed by atoms with E-state index in [9.17, 15) is 9.59 Å². The van der Waals surface area contributed by atoms with Crippen LogP contribution < -0.4 is 10.9 Å². The summed E-state index contributed by atoms with van der Waals surface area (Å²) in [6.07, 6.45) is 3.83. The van der Waals surface area contributed by atoms with E-state index < -0.39 is 0 Å². The summed E-state index contributed by atoms with van der Waals surface area (Å²) in [5.74, 6) is -0.142. The second-order valence-electron chi connectivity index (χ2n) is 6.75. The molecule has 0 saturated heterocycles. The fourth-order valence-corrected chi connectivity index (χ4v) is 3.94. The fourth-order valence-electron chi connectivity index (χ4n) is 3.14. The zero-order valence-electron chi connectivity index (χ0n) is 16.3. The standard InChI is InChI=1S/C20H20N6O2S/c1-12-16(13(2)26-17(22-12)11-19(28)24-26)10-18(27)23-14-4-6-15(7-5-14)29-20-21-8-9-25(20)3/h4-9,11H,10H2,1-3H3,(H,23,27)(H,24,28). The van der Waals surface area contributed by atoms with Gasteiger partial charge in [-0.1, -0.05) is 11.8 Å². The first-order valence-corrected chi connectivity index (χ1v) is 9.85. The third-order valence-corrected chi connectivity index (χ3v) is 5.75. The van der Waals surface area contributed by atoms with E-state index in [0.717, 1.165) is 32.7 Å². The van der Waals surface area contributed by atoms with Gasteiger partial charge in [-0.15, -0.1) is 0 Å². The van der Waals surface area contributed by atoms with E-state index in [1.165, 1.54) is 6.07 Å². The number of rotatable bonds is 5. The van der Waals surface area contributed by atoms with E-state index in [4.69, 9.17) is 0 Å². The summed E-state index contributed by atoms with van der Waals surface area (Å²) in [6, 6.07) is 9.07. The maximum atomic E-state index is 12.6. The average Bonchev–Trinajstić information content (AvgIpc) is 3.25. The van der Waals surface area contributed by atoms with Gasteiger partial charge in [0.05, 0.1) is 6.42 Å². The van der Waals surface area contributed by atoms with Crippen LogP contribution in [0.4, 0.5) is 5.69 Å². The fraction of sp³-hybridized carbons (Fsp3) is 0.200. The molecule has 0 bridgehead atoms. The molecule has 4 aromatic rings. The Labute approximate surface area is 171 Å². The van der Waals surface area contributed by atoms with E-state index in [-0.39, 0.29) is 17.9 Å². The number of fused-ring (bicyclic) bond motifs is 1. The topological polar surface area (TPSA) is 97.1 Å². The first-order chi connectivity index (χ1) is 13.9. The van der Waals surface area contributed by atoms with Crippen molar-refractivity contribution in [3.63, 3.8) is 0 Å². The number of aryl methyl sites for hydroxylation is 3. The van der Waals surface area contributed by atoms with Crippen LogP contribution in [0.15, 0.2) is 57.6 Å². The molecule has 1 aromatic carbocycles. The van der Waals surface area contributed by atoms with E-state index in [1.807, 2.05) is 55.9 Å². The number of hydrogen-bond acceptors (Lipinski definition) is 5. The van der Waals surface area contributed by atoms with Gasteiger partial charge in [0.25, 0.3) is 5.56 Å². The summed E-state index contributed by atoms with van der Waals surface area (Å²) in [5.41, 5.74) is 3.38. The molecule has 0 aliphatic heterocycles. The molecule has 0 unspecified atom stereocenters. The summed E-state index contributed by atoms with van der Waals surface area (Å²) < 4.78 is 3.56. The van der Waals surface area contributed by atoms with Crippen LogP contribution in [-0.4, -0.2) is 30.1 Å². The van der Waals surface area contributed by atoms with E-state index in [0.29, 0.717) is 5.65 Å². The van der Waals surface area contributed by atoms with Crippen molar-refractivity contribution >= 4 is 29.0 Å². The molecule has 8 nitrogen and oxygen atoms in total. The molecule has 0 fully saturated rings. The lowest BCUT2D eigenvalue weighted by atomic mass is 10.1. The van der Waals surface area contributed by atoms with Crippen molar-refractivity contribution in [2.75, 3.05) is 5.32 Å². The Balaban J connectivity index is 1.46. The normalized spacial score (nSPS) is 11.1. The maximum Gasteiger partial charge on any atom is 0.266 e. The molecular formula is C20H20N6O2S. The molecule has 0 spiro atoms. The Morgan fingerprint density at radius 3 is 2.69 bits per heavy atom. The maximum absolute atomic E-state index is 12.6. The molecular weight excluding hydrogens is 388 g/mol. The summed E-state index contributed by atoms with van der Waals surface area (Å²) in [5, 5.41) is 6.52. The van der Waals surface area contributed by atoms with Crippen LogP contribution in [0.1, 0.15) is 17.0 Å². The number of aromatic nitrogens is 5. The Hall–Kier alpha value is -3.33. The molecule has 4 rings (SSSR count). The smallest absolute Gasteiger partial charge is 0.266 e. The number of nitrogens with zero attached hydrogens (tertiary/aromatic N) is 4. The van der Waals surface area contributed by atoms with Crippen LogP contribution in [0.5, 0.6) is 0 Å². The molecule has 1 amide bonds. The Bertz CT molecular complexity index is 1250. The lowest BCUT2D eigenvalue weighted by molar-refractivity contribution is -0.115. The van der Waals surface area contributed by atoms with Crippen LogP contribution in [0, 0.1) is 13.8 Å². The Kier molecular flexibility index (Phi) is 4.98. The van der Waals surface area contributed by atoms with Crippen molar-refractivity contribution in [3.8, 4) is 0 Å². The third kappa shape index (κ3) is 3.95. The molecule has 0 aliphatic carbocycles. The van der Waals surface area contributed by atoms with Crippen LogP contribution in [-0.2, 0) is 18.3 Å². The number of aromatic amines is 1. The van der Waals surface area contributed by atoms with Gasteiger partial charge in [-0.25, -0.2) is 14.5 Å². The SMILES string of the molecule is Cc1nc2cc(=O)[nH]n2c(C)c1CC(=O)Nc1ccc(Sc2nccn2C)cc1. The van der Waals surface area contributed by atoms with E-state index in [1.54, 1.807) is 22.5 Å². The molecule has 29 heavy (non-hydrogen) atoms. The number of nitrogens with one attached hydrogen (secondary N) is 2. The molecule has 2 N–H and O–H groups in total. The highest BCUT2D eigenvalue weighted by atomic mass is 32.2. The minimum absolute atomic E-state index is 0.142. The highest BCUT2D eigenvalue weighted by Gasteiger charge is 2.14. The van der Waals surface area contributed by atoms with Gasteiger partial charge < -0.3 is 9.88 Å². The highest BCUT2D eigenvalue weighted by molar-refractivity contribution is 7.99. The van der Waals surface area contributed by atoms with Crippen LogP contribution in [0.2, 0.25) is 0 Å². The van der Waals surface area contributed by atoms with Crippen molar-refractivity contribution in [1.29, 1.82) is 0 Å². The average molecular weight is 408 g/mol. The molecule has 148 valence electrons. The van der Waals surface area contributed by atoms with Crippen molar-refractivity contribution in [1.82, 2.24) is 24.1 Å². The van der Waals surface area contributed by atoms with Gasteiger partial charge in [0.2, 0.25) is 5.91 Å². The predicted molar refractivity (Wildman–Crippen MR) is 111 cm³/mol. The lowest BCUT2D eigenvalue weighted by Crippen LogP contribution is -2.17. The lowest BCUT2D eigenvalue weighted by Gasteiger charge is -2.12. The van der Waals surface area contributed by atoms with Gasteiger partial charge in [0.15, 0.2) is 10.8 Å². The van der Waals surface area contributed by atoms with Gasteiger partial charge in [-0.3, -0.25) is 14.7 Å². The summed E-state index contributed by atoms with van der Waals surface area (Å²) in [6.45, 7) is 3.71. The minimum Gasteiger partial charge on any atom is -0.329 e. The number of amides is 1. The first-order valence-electron chi connectivity index (χ1n) is 9.03. The van der Waals surface area contributed by atoms with Crippen LogP contribution >= 0.6 is 11.8 Å². The zero-order chi connectivity index (χ0) is 20.5. The van der Waals surface area contributed by atoms with Crippen molar-refractivity contribution in [2.45, 2.75) is 30.3 Å². The number of benzene rings is 1. The Morgan fingerprint density at radius 2 is 2.00 bits per heavy atom. The second kappa shape index (κ2) is 7.59. The molecule has 0 radical (unpaired) electrons. The molecule has 3 aromatic heterocycles. The minimum atomic E-state index is -0.217. The number of imidazole rings is 1. The van der Waals surface area contributed by atoms with E-state index >= 15 is 0 Å². The molecule has 0 atom stereocenters. The first kappa shape index (κ1) is 19.0. The van der Waals surface area contributed by atoms with Gasteiger partial charge in [-0.05, 0) is 38.1 Å². The van der Waals surface area contributed by atoms with Crippen molar-refractivity contribution in [3.05, 3.63) is 70.0 Å². The van der Waals surface area contributed by atoms with Crippen molar-refractivity contribution in [2.24, 2.45) is 7.05 Å². The van der Waals surface area contributed by atoms with Gasteiger partial charge in [-0.2, -0.15) is 0 Å². The monoisotopic (exact) mass is 408 g/mol. The largest absolute Gasteiger partial charge is 0.329 e. The highest BCUT2D eigenvalue weighted by Crippen LogP contribution is 2.26. The number of carbonyl (C=O) groups excluding carboxylic acids is 1. The Morgan fingerprint density at radius 1 is 1.24 bits per heavy atom. The van der Waals surface area contributed by atoms with Gasteiger partial charge in [0, 0.05) is 53.0 Å². The third-order valence-electron chi connectivity index (χ3n) is 4.66. The van der Waals surface area contributed by atoms with Gasteiger partial charge >= 0.3 is 0 Å². The number of anilines is 1. The van der Waals surface area contributed by atoms with Gasteiger partial charge in [0.1, 0.15) is 0 Å². The van der Waals surface area contributed by atoms with Crippen LogP contribution in [0.3, 0.4) is 0 Å². The summed E-state index contributed by atoms with van der Waals surface area (Å²) >= 11 is 1.56. The van der Waals surface area contributed by atoms with Crippen LogP contribution in [0.25, 0.3) is 5.65 Å². The van der Waals surface area contributed by atoms with E-state index in [2.05, 4.69) is 20.4 Å². The second-order valence-corrected chi connectivity index (χ2v) is 7.79. The summed E-state index contributed by atoms with van der Waals surface area (Å²) in [7, 11) is 1.95. The number of H-pyrrole nitrogens is 1. The number of hydrogen-bond donors (Lipinski definition) is 2. The quantitative estimate of drug-likeness (QED) is 0.529. The summed E-state index contributed by atoms with van der Waals surface area (Å²) in [4.78, 5) is 33.9. The molecule has 3 heterocycles. The number of carbonyl (C=O) groups is 1. The molecule has 9 heteroatoms. The molecule has 0 aliphatic rings. The predicted octanol–water partition coefficient (Wildman–Crippen LogP) is 2.71. The molecule has 0 saturated carbocycles. The van der Waals surface area contributed by atoms with Crippen molar-refractivity contribution < 1.29 is 4.79 Å². The zero-order valence-corrected chi connectivity index (χ0v) is 17.1.